The number of amides is 2. The Labute approximate surface area is 137 Å². The van der Waals surface area contributed by atoms with Gasteiger partial charge >= 0.3 is 0 Å². The molecule has 1 aromatic carbocycles. The molecule has 0 bridgehead atoms. The predicted octanol–water partition coefficient (Wildman–Crippen LogP) is 1.69. The molecule has 0 aromatic heterocycles. The molecule has 0 aliphatic rings. The van der Waals surface area contributed by atoms with Crippen LogP contribution in [0.4, 0.5) is 5.69 Å². The smallest absolute Gasteiger partial charge is 0.257 e. The second kappa shape index (κ2) is 10.9. The first-order valence-corrected chi connectivity index (χ1v) is 7.12. The van der Waals surface area contributed by atoms with Crippen molar-refractivity contribution in [3.8, 4) is 5.75 Å². The van der Waals surface area contributed by atoms with E-state index in [1.165, 1.54) is 0 Å². The average molecular weight is 330 g/mol. The normalized spacial score (nSPS) is 11.0. The number of hydrogen-bond acceptors (Lipinski definition) is 4. The fourth-order valence-electron chi connectivity index (χ4n) is 1.71. The number of likely N-dealkylation sites (N-methyl/N-ethyl adjacent to an activating group) is 1. The summed E-state index contributed by atoms with van der Waals surface area (Å²) < 4.78 is 5.32. The Hall–Kier alpha value is -1.79. The third-order valence-electron chi connectivity index (χ3n) is 2.80. The Bertz CT molecular complexity index is 466. The number of nitrogens with two attached hydrogens (primary N) is 1. The highest BCUT2D eigenvalue weighted by molar-refractivity contribution is 5.94. The lowest BCUT2D eigenvalue weighted by molar-refractivity contribution is -0.123. The van der Waals surface area contributed by atoms with E-state index in [0.717, 1.165) is 6.42 Å². The van der Waals surface area contributed by atoms with Crippen molar-refractivity contribution in [2.45, 2.75) is 32.7 Å². The van der Waals surface area contributed by atoms with Gasteiger partial charge in [0.1, 0.15) is 5.75 Å². The quantitative estimate of drug-likeness (QED) is 0.676. The standard InChI is InChI=1S/C15H23N3O3.ClH/c1-3-5-13(16)15(20)18-11-6-8-12(9-7-11)21-10-14(19)17-4-2;/h6-9,13H,3-5,10,16H2,1-2H3,(H,17,19)(H,18,20);1H. The number of carbonyl (C=O) groups is 2. The summed E-state index contributed by atoms with van der Waals surface area (Å²) in [7, 11) is 0. The van der Waals surface area contributed by atoms with Crippen LogP contribution in [0.15, 0.2) is 24.3 Å². The predicted molar refractivity (Wildman–Crippen MR) is 89.4 cm³/mol. The molecule has 0 saturated heterocycles. The molecule has 22 heavy (non-hydrogen) atoms. The van der Waals surface area contributed by atoms with E-state index in [9.17, 15) is 9.59 Å². The SMILES string of the molecule is CCCC(N)C(=O)Nc1ccc(OCC(=O)NCC)cc1.Cl. The van der Waals surface area contributed by atoms with Crippen LogP contribution in [-0.4, -0.2) is 31.0 Å². The molecule has 124 valence electrons. The van der Waals surface area contributed by atoms with Crippen LogP contribution >= 0.6 is 12.4 Å². The zero-order valence-corrected chi connectivity index (χ0v) is 13.7. The van der Waals surface area contributed by atoms with Crippen LogP contribution in [0, 0.1) is 0 Å². The molecule has 1 atom stereocenters. The number of carbonyl (C=O) groups excluding carboxylic acids is 2. The van der Waals surface area contributed by atoms with E-state index in [2.05, 4.69) is 10.6 Å². The number of ether oxygens (including phenoxy) is 1. The van der Waals surface area contributed by atoms with Crippen molar-refractivity contribution < 1.29 is 14.3 Å². The van der Waals surface area contributed by atoms with Crippen LogP contribution < -0.4 is 21.1 Å². The van der Waals surface area contributed by atoms with Crippen LogP contribution in [0.2, 0.25) is 0 Å². The summed E-state index contributed by atoms with van der Waals surface area (Å²) in [5.74, 6) is 0.199. The van der Waals surface area contributed by atoms with Crippen molar-refractivity contribution >= 4 is 29.9 Å². The summed E-state index contributed by atoms with van der Waals surface area (Å²) in [5.41, 5.74) is 6.38. The molecule has 7 heteroatoms. The van der Waals surface area contributed by atoms with Gasteiger partial charge in [-0.3, -0.25) is 9.59 Å². The van der Waals surface area contributed by atoms with Gasteiger partial charge in [-0.1, -0.05) is 13.3 Å². The summed E-state index contributed by atoms with van der Waals surface area (Å²) in [6.07, 6.45) is 1.51. The maximum atomic E-state index is 11.8. The molecule has 2 amide bonds. The molecule has 0 fully saturated rings. The number of halogens is 1. The van der Waals surface area contributed by atoms with Gasteiger partial charge in [-0.15, -0.1) is 12.4 Å². The largest absolute Gasteiger partial charge is 0.484 e. The molecule has 1 rings (SSSR count). The molecule has 6 nitrogen and oxygen atoms in total. The van der Waals surface area contributed by atoms with Gasteiger partial charge in [-0.05, 0) is 37.6 Å². The van der Waals surface area contributed by atoms with Gasteiger partial charge in [0.15, 0.2) is 6.61 Å². The van der Waals surface area contributed by atoms with Gasteiger partial charge in [-0.2, -0.15) is 0 Å². The third-order valence-corrected chi connectivity index (χ3v) is 2.80. The minimum absolute atomic E-state index is 0. The molecule has 1 aromatic rings. The molecule has 0 heterocycles. The Morgan fingerprint density at radius 1 is 1.23 bits per heavy atom. The topological polar surface area (TPSA) is 93.5 Å². The third kappa shape index (κ3) is 7.28. The lowest BCUT2D eigenvalue weighted by Crippen LogP contribution is -2.35. The lowest BCUT2D eigenvalue weighted by Gasteiger charge is -2.12. The van der Waals surface area contributed by atoms with E-state index >= 15 is 0 Å². The van der Waals surface area contributed by atoms with E-state index in [-0.39, 0.29) is 30.8 Å². The number of anilines is 1. The zero-order valence-electron chi connectivity index (χ0n) is 12.9. The average Bonchev–Trinajstić information content (AvgIpc) is 2.47. The second-order valence-electron chi connectivity index (χ2n) is 4.65. The minimum Gasteiger partial charge on any atom is -0.484 e. The van der Waals surface area contributed by atoms with Crippen LogP contribution in [0.3, 0.4) is 0 Å². The van der Waals surface area contributed by atoms with Crippen molar-refractivity contribution in [3.63, 3.8) is 0 Å². The van der Waals surface area contributed by atoms with Crippen LogP contribution in [0.5, 0.6) is 5.75 Å². The lowest BCUT2D eigenvalue weighted by atomic mass is 10.1. The number of rotatable bonds is 8. The minimum atomic E-state index is -0.497. The van der Waals surface area contributed by atoms with E-state index in [1.54, 1.807) is 24.3 Å². The highest BCUT2D eigenvalue weighted by Gasteiger charge is 2.12. The van der Waals surface area contributed by atoms with Gasteiger partial charge in [0.05, 0.1) is 6.04 Å². The molecule has 0 aliphatic heterocycles. The highest BCUT2D eigenvalue weighted by atomic mass is 35.5. The summed E-state index contributed by atoms with van der Waals surface area (Å²) >= 11 is 0. The Balaban J connectivity index is 0.00000441. The molecule has 1 unspecified atom stereocenters. The van der Waals surface area contributed by atoms with E-state index in [0.29, 0.717) is 24.4 Å². The van der Waals surface area contributed by atoms with Crippen LogP contribution in [-0.2, 0) is 9.59 Å². The molecular formula is C15H24ClN3O3. The number of nitrogens with one attached hydrogen (secondary N) is 2. The van der Waals surface area contributed by atoms with Crippen LogP contribution in [0.1, 0.15) is 26.7 Å². The highest BCUT2D eigenvalue weighted by Crippen LogP contribution is 2.16. The van der Waals surface area contributed by atoms with Crippen molar-refractivity contribution in [2.24, 2.45) is 5.73 Å². The van der Waals surface area contributed by atoms with Crippen molar-refractivity contribution in [1.82, 2.24) is 5.32 Å². The van der Waals surface area contributed by atoms with Crippen LogP contribution in [0.25, 0.3) is 0 Å². The summed E-state index contributed by atoms with van der Waals surface area (Å²) in [4.78, 5) is 23.0. The first kappa shape index (κ1) is 20.2. The maximum absolute atomic E-state index is 11.8. The van der Waals surface area contributed by atoms with E-state index < -0.39 is 6.04 Å². The Morgan fingerprint density at radius 2 is 1.86 bits per heavy atom. The molecule has 0 radical (unpaired) electrons. The maximum Gasteiger partial charge on any atom is 0.257 e. The number of benzene rings is 1. The summed E-state index contributed by atoms with van der Waals surface area (Å²) in [5, 5.41) is 5.38. The monoisotopic (exact) mass is 329 g/mol. The van der Waals surface area contributed by atoms with Gasteiger partial charge < -0.3 is 21.1 Å². The van der Waals surface area contributed by atoms with Gasteiger partial charge in [-0.25, -0.2) is 0 Å². The Morgan fingerprint density at radius 3 is 2.41 bits per heavy atom. The van der Waals surface area contributed by atoms with Gasteiger partial charge in [0.25, 0.3) is 5.91 Å². The molecule has 0 spiro atoms. The van der Waals surface area contributed by atoms with Gasteiger partial charge in [0.2, 0.25) is 5.91 Å². The fourth-order valence-corrected chi connectivity index (χ4v) is 1.71. The first-order chi connectivity index (χ1) is 10.1. The van der Waals surface area contributed by atoms with E-state index in [1.807, 2.05) is 13.8 Å². The van der Waals surface area contributed by atoms with Crippen molar-refractivity contribution in [2.75, 3.05) is 18.5 Å². The fraction of sp³-hybridized carbons (Fsp3) is 0.467. The molecule has 4 N–H and O–H groups in total. The second-order valence-corrected chi connectivity index (χ2v) is 4.65. The molecular weight excluding hydrogens is 306 g/mol. The molecule has 0 aliphatic carbocycles. The van der Waals surface area contributed by atoms with Crippen molar-refractivity contribution in [1.29, 1.82) is 0 Å². The molecule has 0 saturated carbocycles. The Kier molecular flexibility index (Phi) is 9.98. The van der Waals surface area contributed by atoms with E-state index in [4.69, 9.17) is 10.5 Å². The first-order valence-electron chi connectivity index (χ1n) is 7.12. The number of hydrogen-bond donors (Lipinski definition) is 3. The van der Waals surface area contributed by atoms with Gasteiger partial charge in [0, 0.05) is 12.2 Å². The summed E-state index contributed by atoms with van der Waals surface area (Å²) in [6, 6.07) is 6.32. The summed E-state index contributed by atoms with van der Waals surface area (Å²) in [6.45, 7) is 4.37. The van der Waals surface area contributed by atoms with Crippen molar-refractivity contribution in [3.05, 3.63) is 24.3 Å². The zero-order chi connectivity index (χ0) is 15.7.